The molecule has 2 aromatic heterocycles. The molecule has 0 fully saturated rings. The van der Waals surface area contributed by atoms with E-state index in [-0.39, 0.29) is 11.6 Å². The number of sulfonamides is 1. The van der Waals surface area contributed by atoms with Crippen molar-refractivity contribution in [2.24, 2.45) is 0 Å². The van der Waals surface area contributed by atoms with Gasteiger partial charge in [-0.25, -0.2) is 8.42 Å². The van der Waals surface area contributed by atoms with Crippen LogP contribution in [0, 0.1) is 0 Å². The Kier molecular flexibility index (Phi) is 4.66. The largest absolute Gasteiger partial charge is 0.368 e. The van der Waals surface area contributed by atoms with Crippen LogP contribution in [0.15, 0.2) is 42.6 Å². The van der Waals surface area contributed by atoms with Gasteiger partial charge in [0.05, 0.1) is 5.75 Å². The van der Waals surface area contributed by atoms with E-state index in [2.05, 4.69) is 31.3 Å². The van der Waals surface area contributed by atoms with Gasteiger partial charge in [-0.05, 0) is 37.1 Å². The molecule has 3 rings (SSSR count). The molecular formula is C16H19N5O2S. The van der Waals surface area contributed by atoms with E-state index in [1.165, 1.54) is 10.9 Å². The highest BCUT2D eigenvalue weighted by atomic mass is 32.2. The highest BCUT2D eigenvalue weighted by Crippen LogP contribution is 2.18. The summed E-state index contributed by atoms with van der Waals surface area (Å²) in [5, 5.41) is 12.3. The van der Waals surface area contributed by atoms with E-state index in [0.29, 0.717) is 12.4 Å². The highest BCUT2D eigenvalue weighted by molar-refractivity contribution is 7.92. The van der Waals surface area contributed by atoms with E-state index in [1.54, 1.807) is 19.1 Å². The van der Waals surface area contributed by atoms with Crippen LogP contribution in [0.3, 0.4) is 0 Å². The molecule has 8 heteroatoms. The van der Waals surface area contributed by atoms with Crippen LogP contribution in [0.25, 0.3) is 10.9 Å². The first-order valence-corrected chi connectivity index (χ1v) is 9.36. The van der Waals surface area contributed by atoms with Crippen molar-refractivity contribution in [2.75, 3.05) is 22.3 Å². The number of nitrogens with one attached hydrogen (secondary N) is 3. The van der Waals surface area contributed by atoms with Gasteiger partial charge in [0.15, 0.2) is 5.82 Å². The second-order valence-electron chi connectivity index (χ2n) is 5.35. The topological polar surface area (TPSA) is 99.8 Å². The molecule has 0 saturated carbocycles. The lowest BCUT2D eigenvalue weighted by atomic mass is 10.1. The van der Waals surface area contributed by atoms with Gasteiger partial charge in [-0.1, -0.05) is 18.2 Å². The number of para-hydroxylation sites is 1. The Labute approximate surface area is 140 Å². The second-order valence-corrected chi connectivity index (χ2v) is 7.36. The van der Waals surface area contributed by atoms with E-state index in [4.69, 9.17) is 0 Å². The van der Waals surface area contributed by atoms with Crippen LogP contribution in [0.2, 0.25) is 0 Å². The Bertz CT molecular complexity index is 919. The van der Waals surface area contributed by atoms with Crippen LogP contribution < -0.4 is 10.0 Å². The van der Waals surface area contributed by atoms with Gasteiger partial charge in [0, 0.05) is 23.6 Å². The van der Waals surface area contributed by atoms with Crippen molar-refractivity contribution in [3.8, 4) is 0 Å². The Morgan fingerprint density at radius 3 is 2.58 bits per heavy atom. The zero-order valence-electron chi connectivity index (χ0n) is 13.3. The molecule has 0 aliphatic carbocycles. The Hall–Kier alpha value is -2.61. The first kappa shape index (κ1) is 16.3. The normalized spacial score (nSPS) is 11.5. The molecule has 0 atom stereocenters. The smallest absolute Gasteiger partial charge is 0.233 e. The van der Waals surface area contributed by atoms with Crippen molar-refractivity contribution >= 4 is 32.6 Å². The predicted octanol–water partition coefficient (Wildman–Crippen LogP) is 2.37. The molecule has 24 heavy (non-hydrogen) atoms. The summed E-state index contributed by atoms with van der Waals surface area (Å²) < 4.78 is 25.3. The molecule has 3 aromatic rings. The SMILES string of the molecule is CCS(=O)(=O)Nc1ccc(NCCc2c[nH]c3ccccc23)nn1. The molecule has 0 aliphatic heterocycles. The minimum absolute atomic E-state index is 0.000692. The van der Waals surface area contributed by atoms with Crippen LogP contribution in [-0.4, -0.2) is 35.9 Å². The van der Waals surface area contributed by atoms with Crippen LogP contribution in [-0.2, 0) is 16.4 Å². The molecule has 7 nitrogen and oxygen atoms in total. The fraction of sp³-hybridized carbons (Fsp3) is 0.250. The average Bonchev–Trinajstić information content (AvgIpc) is 3.00. The number of rotatable bonds is 7. The van der Waals surface area contributed by atoms with E-state index in [9.17, 15) is 8.42 Å². The highest BCUT2D eigenvalue weighted by Gasteiger charge is 2.08. The molecule has 0 amide bonds. The third-order valence-electron chi connectivity index (χ3n) is 3.68. The Morgan fingerprint density at radius 2 is 1.83 bits per heavy atom. The Balaban J connectivity index is 1.57. The second kappa shape index (κ2) is 6.88. The van der Waals surface area contributed by atoms with Crippen LogP contribution >= 0.6 is 0 Å². The molecular weight excluding hydrogens is 326 g/mol. The summed E-state index contributed by atoms with van der Waals surface area (Å²) in [5.41, 5.74) is 2.36. The van der Waals surface area contributed by atoms with Crippen LogP contribution in [0.5, 0.6) is 0 Å². The molecule has 0 radical (unpaired) electrons. The number of hydrogen-bond acceptors (Lipinski definition) is 5. The predicted molar refractivity (Wildman–Crippen MR) is 95.6 cm³/mol. The molecule has 0 spiro atoms. The van der Waals surface area contributed by atoms with Crippen molar-refractivity contribution < 1.29 is 8.42 Å². The molecule has 0 aliphatic rings. The van der Waals surface area contributed by atoms with Gasteiger partial charge in [-0.3, -0.25) is 4.72 Å². The first-order chi connectivity index (χ1) is 11.6. The summed E-state index contributed by atoms with van der Waals surface area (Å²) in [7, 11) is -3.33. The van der Waals surface area contributed by atoms with Gasteiger partial charge in [0.1, 0.15) is 5.82 Å². The number of nitrogens with zero attached hydrogens (tertiary/aromatic N) is 2. The number of aromatic amines is 1. The van der Waals surface area contributed by atoms with E-state index in [0.717, 1.165) is 11.9 Å². The summed E-state index contributed by atoms with van der Waals surface area (Å²) in [6, 6.07) is 11.5. The molecule has 2 heterocycles. The van der Waals surface area contributed by atoms with E-state index < -0.39 is 10.0 Å². The minimum atomic E-state index is -3.33. The molecule has 126 valence electrons. The van der Waals surface area contributed by atoms with Crippen LogP contribution in [0.4, 0.5) is 11.6 Å². The summed E-state index contributed by atoms with van der Waals surface area (Å²) >= 11 is 0. The van der Waals surface area contributed by atoms with Crippen molar-refractivity contribution in [1.82, 2.24) is 15.2 Å². The lowest BCUT2D eigenvalue weighted by Crippen LogP contribution is -2.16. The fourth-order valence-electron chi connectivity index (χ4n) is 2.38. The summed E-state index contributed by atoms with van der Waals surface area (Å²) in [4.78, 5) is 3.25. The number of H-pyrrole nitrogens is 1. The van der Waals surface area contributed by atoms with Crippen molar-refractivity contribution in [2.45, 2.75) is 13.3 Å². The monoisotopic (exact) mass is 345 g/mol. The lowest BCUT2D eigenvalue weighted by molar-refractivity contribution is 0.602. The number of benzene rings is 1. The number of anilines is 2. The molecule has 0 unspecified atom stereocenters. The number of fused-ring (bicyclic) bond motifs is 1. The standard InChI is InChI=1S/C16H19N5O2S/c1-2-24(22,23)21-16-8-7-15(19-20-16)17-10-9-12-11-18-14-6-4-3-5-13(12)14/h3-8,11,18H,2,9-10H2,1H3,(H,17,19)(H,20,21). The maximum absolute atomic E-state index is 11.5. The minimum Gasteiger partial charge on any atom is -0.368 e. The number of aromatic nitrogens is 3. The van der Waals surface area contributed by atoms with Gasteiger partial charge < -0.3 is 10.3 Å². The van der Waals surface area contributed by atoms with Gasteiger partial charge in [-0.15, -0.1) is 10.2 Å². The maximum Gasteiger partial charge on any atom is 0.233 e. The Morgan fingerprint density at radius 1 is 1.08 bits per heavy atom. The molecule has 1 aromatic carbocycles. The van der Waals surface area contributed by atoms with Gasteiger partial charge >= 0.3 is 0 Å². The zero-order chi connectivity index (χ0) is 17.0. The van der Waals surface area contributed by atoms with Crippen molar-refractivity contribution in [3.05, 3.63) is 48.2 Å². The summed E-state index contributed by atoms with van der Waals surface area (Å²) in [5.74, 6) is 0.826. The number of hydrogen-bond donors (Lipinski definition) is 3. The zero-order valence-corrected chi connectivity index (χ0v) is 14.1. The molecule has 3 N–H and O–H groups in total. The van der Waals surface area contributed by atoms with Gasteiger partial charge in [0.2, 0.25) is 10.0 Å². The summed E-state index contributed by atoms with van der Waals surface area (Å²) in [6.45, 7) is 2.27. The molecule has 0 saturated heterocycles. The summed E-state index contributed by atoms with van der Waals surface area (Å²) in [6.07, 6.45) is 2.86. The lowest BCUT2D eigenvalue weighted by Gasteiger charge is -2.07. The third kappa shape index (κ3) is 3.83. The van der Waals surface area contributed by atoms with Crippen molar-refractivity contribution in [3.63, 3.8) is 0 Å². The quantitative estimate of drug-likeness (QED) is 0.610. The maximum atomic E-state index is 11.5. The van der Waals surface area contributed by atoms with Crippen molar-refractivity contribution in [1.29, 1.82) is 0 Å². The molecule has 0 bridgehead atoms. The first-order valence-electron chi connectivity index (χ1n) is 7.70. The third-order valence-corrected chi connectivity index (χ3v) is 4.96. The van der Waals surface area contributed by atoms with Gasteiger partial charge in [0.25, 0.3) is 0 Å². The van der Waals surface area contributed by atoms with E-state index >= 15 is 0 Å². The fourth-order valence-corrected chi connectivity index (χ4v) is 2.95. The van der Waals surface area contributed by atoms with Gasteiger partial charge in [-0.2, -0.15) is 0 Å². The van der Waals surface area contributed by atoms with Crippen LogP contribution in [0.1, 0.15) is 12.5 Å². The van der Waals surface area contributed by atoms with E-state index in [1.807, 2.05) is 24.4 Å². The average molecular weight is 345 g/mol.